The molecular weight excluding hydrogens is 278 g/mol. The SMILES string of the molecule is CCCSc1ccccc1C(=O)N(CC(C)C)CC(C)C. The molecule has 21 heavy (non-hydrogen) atoms. The third kappa shape index (κ3) is 6.13. The van der Waals surface area contributed by atoms with Gasteiger partial charge in [-0.15, -0.1) is 11.8 Å². The first-order valence-electron chi connectivity index (χ1n) is 7.96. The monoisotopic (exact) mass is 307 g/mol. The van der Waals surface area contributed by atoms with Crippen LogP contribution < -0.4 is 0 Å². The van der Waals surface area contributed by atoms with E-state index in [4.69, 9.17) is 0 Å². The summed E-state index contributed by atoms with van der Waals surface area (Å²) in [5, 5.41) is 0. The van der Waals surface area contributed by atoms with Crippen molar-refractivity contribution in [3.8, 4) is 0 Å². The zero-order valence-corrected chi connectivity index (χ0v) is 14.9. The summed E-state index contributed by atoms with van der Waals surface area (Å²) < 4.78 is 0. The van der Waals surface area contributed by atoms with Crippen molar-refractivity contribution in [2.24, 2.45) is 11.8 Å². The maximum Gasteiger partial charge on any atom is 0.255 e. The molecule has 1 rings (SSSR count). The van der Waals surface area contributed by atoms with Crippen LogP contribution in [0.15, 0.2) is 29.2 Å². The zero-order valence-electron chi connectivity index (χ0n) is 14.1. The van der Waals surface area contributed by atoms with Crippen molar-refractivity contribution in [1.82, 2.24) is 4.90 Å². The highest BCUT2D eigenvalue weighted by atomic mass is 32.2. The maximum atomic E-state index is 12.9. The Morgan fingerprint density at radius 1 is 1.10 bits per heavy atom. The Hall–Kier alpha value is -0.960. The molecule has 1 amide bonds. The lowest BCUT2D eigenvalue weighted by atomic mass is 10.1. The first kappa shape index (κ1) is 18.1. The maximum absolute atomic E-state index is 12.9. The molecule has 0 fully saturated rings. The number of benzene rings is 1. The van der Waals surface area contributed by atoms with Gasteiger partial charge in [0.25, 0.3) is 5.91 Å². The van der Waals surface area contributed by atoms with Gasteiger partial charge >= 0.3 is 0 Å². The number of hydrogen-bond acceptors (Lipinski definition) is 2. The second kappa shape index (κ2) is 9.14. The predicted molar refractivity (Wildman–Crippen MR) is 93.0 cm³/mol. The number of rotatable bonds is 8. The van der Waals surface area contributed by atoms with Crippen LogP contribution in [0, 0.1) is 11.8 Å². The number of carbonyl (C=O) groups excluding carboxylic acids is 1. The van der Waals surface area contributed by atoms with Gasteiger partial charge in [-0.25, -0.2) is 0 Å². The smallest absolute Gasteiger partial charge is 0.255 e. The molecule has 0 saturated carbocycles. The van der Waals surface area contributed by atoms with Crippen LogP contribution >= 0.6 is 11.8 Å². The number of hydrogen-bond donors (Lipinski definition) is 0. The lowest BCUT2D eigenvalue weighted by molar-refractivity contribution is 0.0711. The number of nitrogens with zero attached hydrogens (tertiary/aromatic N) is 1. The average molecular weight is 308 g/mol. The Balaban J connectivity index is 2.96. The molecule has 0 N–H and O–H groups in total. The third-order valence-electron chi connectivity index (χ3n) is 3.04. The van der Waals surface area contributed by atoms with Gasteiger partial charge < -0.3 is 4.90 Å². The minimum absolute atomic E-state index is 0.177. The van der Waals surface area contributed by atoms with Crippen molar-refractivity contribution in [3.05, 3.63) is 29.8 Å². The molecule has 0 unspecified atom stereocenters. The molecule has 2 nitrogen and oxygen atoms in total. The van der Waals surface area contributed by atoms with E-state index in [2.05, 4.69) is 40.7 Å². The molecule has 0 aliphatic rings. The minimum atomic E-state index is 0.177. The summed E-state index contributed by atoms with van der Waals surface area (Å²) in [5.74, 6) is 2.21. The molecular formula is C18H29NOS. The lowest BCUT2D eigenvalue weighted by Gasteiger charge is -2.27. The van der Waals surface area contributed by atoms with Crippen molar-refractivity contribution in [3.63, 3.8) is 0 Å². The summed E-state index contributed by atoms with van der Waals surface area (Å²) in [4.78, 5) is 16.0. The van der Waals surface area contributed by atoms with E-state index >= 15 is 0 Å². The molecule has 0 aromatic heterocycles. The van der Waals surface area contributed by atoms with Gasteiger partial charge in [-0.2, -0.15) is 0 Å². The summed E-state index contributed by atoms with van der Waals surface area (Å²) >= 11 is 1.78. The lowest BCUT2D eigenvalue weighted by Crippen LogP contribution is -2.37. The van der Waals surface area contributed by atoms with E-state index in [9.17, 15) is 4.79 Å². The van der Waals surface area contributed by atoms with Gasteiger partial charge in [0.2, 0.25) is 0 Å². The Morgan fingerprint density at radius 3 is 2.19 bits per heavy atom. The first-order valence-corrected chi connectivity index (χ1v) is 8.95. The van der Waals surface area contributed by atoms with Crippen LogP contribution in [0.25, 0.3) is 0 Å². The number of carbonyl (C=O) groups is 1. The van der Waals surface area contributed by atoms with Crippen molar-refractivity contribution in [2.45, 2.75) is 45.9 Å². The van der Waals surface area contributed by atoms with Gasteiger partial charge in [-0.1, -0.05) is 46.8 Å². The van der Waals surface area contributed by atoms with Crippen LogP contribution in [-0.4, -0.2) is 29.6 Å². The fourth-order valence-corrected chi connectivity index (χ4v) is 3.18. The van der Waals surface area contributed by atoms with E-state index in [1.807, 2.05) is 23.1 Å². The van der Waals surface area contributed by atoms with Gasteiger partial charge in [0.1, 0.15) is 0 Å². The van der Waals surface area contributed by atoms with E-state index in [0.717, 1.165) is 35.7 Å². The molecule has 1 aromatic rings. The Labute approximate surface area is 134 Å². The normalized spacial score (nSPS) is 11.2. The topological polar surface area (TPSA) is 20.3 Å². The Bertz CT molecular complexity index is 433. The zero-order chi connectivity index (χ0) is 15.8. The van der Waals surface area contributed by atoms with Crippen LogP contribution in [0.3, 0.4) is 0 Å². The van der Waals surface area contributed by atoms with Crippen molar-refractivity contribution < 1.29 is 4.79 Å². The van der Waals surface area contributed by atoms with E-state index < -0.39 is 0 Å². The minimum Gasteiger partial charge on any atom is -0.338 e. The summed E-state index contributed by atoms with van der Waals surface area (Å²) in [7, 11) is 0. The molecule has 0 spiro atoms. The number of thioether (sulfide) groups is 1. The molecule has 0 aliphatic carbocycles. The van der Waals surface area contributed by atoms with Gasteiger partial charge in [0, 0.05) is 18.0 Å². The molecule has 1 aromatic carbocycles. The Morgan fingerprint density at radius 2 is 1.67 bits per heavy atom. The standard InChI is InChI=1S/C18H29NOS/c1-6-11-21-17-10-8-7-9-16(17)18(20)19(12-14(2)3)13-15(4)5/h7-10,14-15H,6,11-13H2,1-5H3. The summed E-state index contributed by atoms with van der Waals surface area (Å²) in [5.41, 5.74) is 0.859. The second-order valence-electron chi connectivity index (χ2n) is 6.34. The van der Waals surface area contributed by atoms with Gasteiger partial charge in [-0.3, -0.25) is 4.79 Å². The van der Waals surface area contributed by atoms with Crippen LogP contribution in [-0.2, 0) is 0 Å². The molecule has 0 radical (unpaired) electrons. The van der Waals surface area contributed by atoms with Crippen LogP contribution in [0.4, 0.5) is 0 Å². The van der Waals surface area contributed by atoms with E-state index in [-0.39, 0.29) is 5.91 Å². The highest BCUT2D eigenvalue weighted by molar-refractivity contribution is 7.99. The van der Waals surface area contributed by atoms with Crippen LogP contribution in [0.2, 0.25) is 0 Å². The third-order valence-corrected chi connectivity index (χ3v) is 4.32. The summed E-state index contributed by atoms with van der Waals surface area (Å²) in [6.07, 6.45) is 1.12. The van der Waals surface area contributed by atoms with E-state index in [1.54, 1.807) is 11.8 Å². The van der Waals surface area contributed by atoms with Crippen molar-refractivity contribution in [1.29, 1.82) is 0 Å². The van der Waals surface area contributed by atoms with E-state index in [0.29, 0.717) is 11.8 Å². The second-order valence-corrected chi connectivity index (χ2v) is 7.48. The molecule has 0 saturated heterocycles. The highest BCUT2D eigenvalue weighted by Crippen LogP contribution is 2.25. The van der Waals surface area contributed by atoms with Gasteiger partial charge in [-0.05, 0) is 36.1 Å². The fraction of sp³-hybridized carbons (Fsp3) is 0.611. The average Bonchev–Trinajstić information content (AvgIpc) is 2.43. The summed E-state index contributed by atoms with van der Waals surface area (Å²) in [6.45, 7) is 12.5. The van der Waals surface area contributed by atoms with Gasteiger partial charge in [0.15, 0.2) is 0 Å². The number of amides is 1. The molecule has 0 aliphatic heterocycles. The first-order chi connectivity index (χ1) is 9.95. The van der Waals surface area contributed by atoms with Crippen LogP contribution in [0.1, 0.15) is 51.4 Å². The quantitative estimate of drug-likeness (QED) is 0.634. The van der Waals surface area contributed by atoms with Crippen LogP contribution in [0.5, 0.6) is 0 Å². The largest absolute Gasteiger partial charge is 0.338 e. The molecule has 0 bridgehead atoms. The molecule has 118 valence electrons. The van der Waals surface area contributed by atoms with Crippen molar-refractivity contribution >= 4 is 17.7 Å². The van der Waals surface area contributed by atoms with Gasteiger partial charge in [0.05, 0.1) is 5.56 Å². The predicted octanol–water partition coefficient (Wildman–Crippen LogP) is 4.94. The molecule has 3 heteroatoms. The van der Waals surface area contributed by atoms with Crippen molar-refractivity contribution in [2.75, 3.05) is 18.8 Å². The Kier molecular flexibility index (Phi) is 7.87. The van der Waals surface area contributed by atoms with E-state index in [1.165, 1.54) is 0 Å². The molecule has 0 atom stereocenters. The summed E-state index contributed by atoms with van der Waals surface area (Å²) in [6, 6.07) is 8.01. The molecule has 0 heterocycles. The fourth-order valence-electron chi connectivity index (χ4n) is 2.27. The highest BCUT2D eigenvalue weighted by Gasteiger charge is 2.20.